The van der Waals surface area contributed by atoms with Crippen LogP contribution >= 0.6 is 23.2 Å². The number of anilines is 1. The molecule has 0 spiro atoms. The van der Waals surface area contributed by atoms with E-state index in [1.54, 1.807) is 0 Å². The van der Waals surface area contributed by atoms with Crippen LogP contribution in [0.15, 0.2) is 53.1 Å². The van der Waals surface area contributed by atoms with Crippen molar-refractivity contribution in [1.29, 1.82) is 0 Å². The van der Waals surface area contributed by atoms with Gasteiger partial charge in [0.2, 0.25) is 0 Å². The summed E-state index contributed by atoms with van der Waals surface area (Å²) < 4.78 is 47.8. The van der Waals surface area contributed by atoms with Gasteiger partial charge in [0.25, 0.3) is 10.1 Å². The monoisotopic (exact) mass is 475 g/mol. The predicted octanol–water partition coefficient (Wildman–Crippen LogP) is 3.67. The summed E-state index contributed by atoms with van der Waals surface area (Å²) in [6.07, 6.45) is 0.761. The van der Waals surface area contributed by atoms with Gasteiger partial charge in [-0.1, -0.05) is 23.2 Å². The van der Waals surface area contributed by atoms with Crippen molar-refractivity contribution in [3.8, 4) is 11.5 Å². The summed E-state index contributed by atoms with van der Waals surface area (Å²) in [6, 6.07) is 7.96. The molecule has 0 bridgehead atoms. The number of benzene rings is 2. The highest BCUT2D eigenvalue weighted by Gasteiger charge is 2.21. The normalized spacial score (nSPS) is 11.6. The molecule has 0 heterocycles. The number of halogens is 2. The Morgan fingerprint density at radius 2 is 1.77 bits per heavy atom. The van der Waals surface area contributed by atoms with Gasteiger partial charge in [-0.2, -0.15) is 8.42 Å². The summed E-state index contributed by atoms with van der Waals surface area (Å²) in [5.74, 6) is -1.68. The van der Waals surface area contributed by atoms with Gasteiger partial charge in [-0.15, -0.1) is 0 Å². The summed E-state index contributed by atoms with van der Waals surface area (Å²) >= 11 is 11.9. The third kappa shape index (κ3) is 6.10. The van der Waals surface area contributed by atoms with Crippen LogP contribution in [0.25, 0.3) is 0 Å². The van der Waals surface area contributed by atoms with E-state index < -0.39 is 32.6 Å². The van der Waals surface area contributed by atoms with Crippen molar-refractivity contribution >= 4 is 50.9 Å². The molecule has 0 aliphatic heterocycles. The molecule has 12 heteroatoms. The van der Waals surface area contributed by atoms with Crippen LogP contribution in [-0.2, 0) is 29.2 Å². The second-order valence-corrected chi connectivity index (χ2v) is 7.74. The van der Waals surface area contributed by atoms with E-state index in [9.17, 15) is 22.6 Å². The topological polar surface area (TPSA) is 128 Å². The summed E-state index contributed by atoms with van der Waals surface area (Å²) in [5.41, 5.74) is -0.656. The van der Waals surface area contributed by atoms with Crippen LogP contribution in [0, 0.1) is 0 Å². The molecule has 0 radical (unpaired) electrons. The zero-order valence-corrected chi connectivity index (χ0v) is 17.8. The molecule has 0 unspecified atom stereocenters. The lowest BCUT2D eigenvalue weighted by Crippen LogP contribution is -2.17. The fourth-order valence-corrected chi connectivity index (χ4v) is 3.25. The van der Waals surface area contributed by atoms with Crippen molar-refractivity contribution in [3.05, 3.63) is 58.2 Å². The Labute approximate surface area is 181 Å². The third-order valence-electron chi connectivity index (χ3n) is 3.49. The van der Waals surface area contributed by atoms with Gasteiger partial charge in [-0.3, -0.25) is 4.55 Å². The standard InChI is InChI=1S/C18H15Cl2NO8S/c1-27-17(22)9-14(18(23)28-2)21-13-5-4-11(8-16(13)30(24,25)26)29-15-6-3-10(19)7-12(15)20/h3-9,21H,1-2H3,(H,24,25,26)/b14-9+. The first-order chi connectivity index (χ1) is 14.0. The van der Waals surface area contributed by atoms with Gasteiger partial charge in [-0.25, -0.2) is 9.59 Å². The number of methoxy groups -OCH3 is 2. The Morgan fingerprint density at radius 3 is 2.33 bits per heavy atom. The van der Waals surface area contributed by atoms with E-state index in [4.69, 9.17) is 27.9 Å². The summed E-state index contributed by atoms with van der Waals surface area (Å²) in [4.78, 5) is 22.7. The highest BCUT2D eigenvalue weighted by atomic mass is 35.5. The number of carbonyl (C=O) groups is 2. The van der Waals surface area contributed by atoms with Gasteiger partial charge in [-0.05, 0) is 30.3 Å². The molecular weight excluding hydrogens is 461 g/mol. The first-order valence-electron chi connectivity index (χ1n) is 7.94. The number of rotatable bonds is 7. The average molecular weight is 476 g/mol. The maximum absolute atomic E-state index is 11.9. The van der Waals surface area contributed by atoms with Gasteiger partial charge in [0.1, 0.15) is 22.1 Å². The molecule has 2 aromatic carbocycles. The van der Waals surface area contributed by atoms with E-state index in [-0.39, 0.29) is 22.2 Å². The molecule has 0 amide bonds. The highest BCUT2D eigenvalue weighted by Crippen LogP contribution is 2.34. The largest absolute Gasteiger partial charge is 0.466 e. The van der Waals surface area contributed by atoms with Gasteiger partial charge < -0.3 is 19.5 Å². The van der Waals surface area contributed by atoms with E-state index in [0.29, 0.717) is 5.02 Å². The molecule has 2 rings (SSSR count). The molecular formula is C18H15Cl2NO8S. The molecule has 0 aromatic heterocycles. The molecule has 0 fully saturated rings. The fraction of sp³-hybridized carbons (Fsp3) is 0.111. The zero-order chi connectivity index (χ0) is 22.5. The second-order valence-electron chi connectivity index (χ2n) is 5.51. The lowest BCUT2D eigenvalue weighted by Gasteiger charge is -2.14. The summed E-state index contributed by atoms with van der Waals surface area (Å²) in [5, 5.41) is 2.97. The number of hydrogen-bond acceptors (Lipinski definition) is 8. The van der Waals surface area contributed by atoms with Crippen molar-refractivity contribution in [2.45, 2.75) is 4.90 Å². The minimum absolute atomic E-state index is 0.00830. The van der Waals surface area contributed by atoms with Crippen molar-refractivity contribution in [2.24, 2.45) is 0 Å². The minimum atomic E-state index is -4.77. The van der Waals surface area contributed by atoms with Crippen molar-refractivity contribution in [3.63, 3.8) is 0 Å². The number of carbonyl (C=O) groups excluding carboxylic acids is 2. The summed E-state index contributed by atoms with van der Waals surface area (Å²) in [7, 11) is -2.62. The molecule has 160 valence electrons. The van der Waals surface area contributed by atoms with E-state index >= 15 is 0 Å². The molecule has 0 aliphatic rings. The van der Waals surface area contributed by atoms with Crippen LogP contribution in [0.2, 0.25) is 10.0 Å². The van der Waals surface area contributed by atoms with Crippen molar-refractivity contribution < 1.29 is 36.8 Å². The predicted molar refractivity (Wildman–Crippen MR) is 109 cm³/mol. The van der Waals surface area contributed by atoms with Gasteiger partial charge in [0, 0.05) is 11.1 Å². The Morgan fingerprint density at radius 1 is 1.07 bits per heavy atom. The van der Waals surface area contributed by atoms with Crippen LogP contribution in [0.4, 0.5) is 5.69 Å². The number of ether oxygens (including phenoxy) is 3. The maximum Gasteiger partial charge on any atom is 0.354 e. The first kappa shape index (κ1) is 23.5. The molecule has 0 saturated carbocycles. The van der Waals surface area contributed by atoms with Crippen molar-refractivity contribution in [1.82, 2.24) is 0 Å². The van der Waals surface area contributed by atoms with Crippen molar-refractivity contribution in [2.75, 3.05) is 19.5 Å². The Bertz CT molecular complexity index is 1120. The Kier molecular flexibility index (Phi) is 7.68. The lowest BCUT2D eigenvalue weighted by molar-refractivity contribution is -0.138. The first-order valence-corrected chi connectivity index (χ1v) is 10.1. The molecule has 0 aliphatic carbocycles. The molecule has 0 atom stereocenters. The highest BCUT2D eigenvalue weighted by molar-refractivity contribution is 7.86. The number of nitrogens with one attached hydrogen (secondary N) is 1. The average Bonchev–Trinajstić information content (AvgIpc) is 2.68. The van der Waals surface area contributed by atoms with Crippen LogP contribution in [0.3, 0.4) is 0 Å². The second kappa shape index (κ2) is 9.81. The molecule has 0 saturated heterocycles. The van der Waals surface area contributed by atoms with E-state index in [0.717, 1.165) is 26.4 Å². The van der Waals surface area contributed by atoms with E-state index in [1.165, 1.54) is 30.3 Å². The fourth-order valence-electron chi connectivity index (χ4n) is 2.15. The molecule has 2 aromatic rings. The third-order valence-corrected chi connectivity index (χ3v) is 4.91. The van der Waals surface area contributed by atoms with Crippen LogP contribution in [-0.4, -0.2) is 39.1 Å². The molecule has 2 N–H and O–H groups in total. The van der Waals surface area contributed by atoms with E-state index in [1.807, 2.05) is 0 Å². The Hall–Kier alpha value is -2.79. The SMILES string of the molecule is COC(=O)/C=C(/Nc1ccc(Oc2ccc(Cl)cc2Cl)cc1S(=O)(=O)O)C(=O)OC. The van der Waals surface area contributed by atoms with Crippen LogP contribution < -0.4 is 10.1 Å². The van der Waals surface area contributed by atoms with Gasteiger partial charge in [0.05, 0.1) is 31.0 Å². The zero-order valence-electron chi connectivity index (χ0n) is 15.5. The number of hydrogen-bond donors (Lipinski definition) is 2. The Balaban J connectivity index is 2.47. The van der Waals surface area contributed by atoms with Crippen LogP contribution in [0.1, 0.15) is 0 Å². The van der Waals surface area contributed by atoms with Gasteiger partial charge >= 0.3 is 11.9 Å². The number of esters is 2. The van der Waals surface area contributed by atoms with Gasteiger partial charge in [0.15, 0.2) is 0 Å². The van der Waals surface area contributed by atoms with E-state index in [2.05, 4.69) is 14.8 Å². The molecule has 9 nitrogen and oxygen atoms in total. The van der Waals surface area contributed by atoms with Crippen LogP contribution in [0.5, 0.6) is 11.5 Å². The quantitative estimate of drug-likeness (QED) is 0.349. The smallest absolute Gasteiger partial charge is 0.354 e. The molecule has 30 heavy (non-hydrogen) atoms. The maximum atomic E-state index is 11.9. The lowest BCUT2D eigenvalue weighted by atomic mass is 10.2. The summed E-state index contributed by atoms with van der Waals surface area (Å²) in [6.45, 7) is 0. The minimum Gasteiger partial charge on any atom is -0.466 e.